The molecular weight excluding hydrogens is 217 g/mol. The first-order valence-corrected chi connectivity index (χ1v) is 6.16. The third-order valence-electron chi connectivity index (χ3n) is 3.44. The lowest BCUT2D eigenvalue weighted by molar-refractivity contribution is 0.539. The summed E-state index contributed by atoms with van der Waals surface area (Å²) in [6, 6.07) is 5.34. The molecule has 3 nitrogen and oxygen atoms in total. The quantitative estimate of drug-likeness (QED) is 0.862. The Morgan fingerprint density at radius 1 is 1.53 bits per heavy atom. The minimum atomic E-state index is -0.214. The molecule has 1 aromatic heterocycles. The van der Waals surface area contributed by atoms with Crippen molar-refractivity contribution in [3.05, 3.63) is 29.8 Å². The molecule has 1 fully saturated rings. The van der Waals surface area contributed by atoms with Gasteiger partial charge in [-0.05, 0) is 25.1 Å². The lowest BCUT2D eigenvalue weighted by atomic mass is 10.2. The van der Waals surface area contributed by atoms with E-state index in [1.165, 1.54) is 12.1 Å². The molecule has 0 saturated carbocycles. The Morgan fingerprint density at radius 2 is 2.41 bits per heavy atom. The zero-order valence-corrected chi connectivity index (χ0v) is 9.91. The highest BCUT2D eigenvalue weighted by molar-refractivity contribution is 5.76. The van der Waals surface area contributed by atoms with Gasteiger partial charge < -0.3 is 9.88 Å². The third-order valence-corrected chi connectivity index (χ3v) is 3.44. The smallest absolute Gasteiger partial charge is 0.125 e. The van der Waals surface area contributed by atoms with Crippen LogP contribution < -0.4 is 5.32 Å². The molecule has 1 unspecified atom stereocenters. The zero-order valence-electron chi connectivity index (χ0n) is 9.91. The second kappa shape index (κ2) is 4.11. The number of imidazole rings is 1. The monoisotopic (exact) mass is 233 g/mol. The van der Waals surface area contributed by atoms with E-state index in [9.17, 15) is 4.39 Å². The molecule has 0 aliphatic carbocycles. The Morgan fingerprint density at radius 3 is 3.12 bits per heavy atom. The van der Waals surface area contributed by atoms with Crippen molar-refractivity contribution < 1.29 is 4.39 Å². The summed E-state index contributed by atoms with van der Waals surface area (Å²) in [4.78, 5) is 4.53. The van der Waals surface area contributed by atoms with Crippen LogP contribution in [0.25, 0.3) is 11.0 Å². The highest BCUT2D eigenvalue weighted by atomic mass is 19.1. The summed E-state index contributed by atoms with van der Waals surface area (Å²) in [5.41, 5.74) is 1.82. The van der Waals surface area contributed by atoms with Gasteiger partial charge in [-0.25, -0.2) is 9.37 Å². The van der Waals surface area contributed by atoms with Crippen LogP contribution in [0.2, 0.25) is 0 Å². The van der Waals surface area contributed by atoms with Crippen molar-refractivity contribution in [2.24, 2.45) is 0 Å². The van der Waals surface area contributed by atoms with Gasteiger partial charge >= 0.3 is 0 Å². The molecule has 0 radical (unpaired) electrons. The number of aromatic nitrogens is 2. The maximum absolute atomic E-state index is 13.2. The number of nitrogens with one attached hydrogen (secondary N) is 1. The number of hydrogen-bond acceptors (Lipinski definition) is 2. The van der Waals surface area contributed by atoms with Crippen molar-refractivity contribution in [2.45, 2.75) is 25.8 Å². The topological polar surface area (TPSA) is 29.9 Å². The zero-order chi connectivity index (χ0) is 11.8. The second-order valence-corrected chi connectivity index (χ2v) is 4.53. The van der Waals surface area contributed by atoms with Crippen molar-refractivity contribution in [3.8, 4) is 0 Å². The molecule has 17 heavy (non-hydrogen) atoms. The molecule has 0 bridgehead atoms. The van der Waals surface area contributed by atoms with Gasteiger partial charge in [-0.1, -0.05) is 6.92 Å². The molecule has 4 heteroatoms. The van der Waals surface area contributed by atoms with Gasteiger partial charge in [0.1, 0.15) is 11.6 Å². The van der Waals surface area contributed by atoms with Crippen LogP contribution in [0.1, 0.15) is 25.2 Å². The molecule has 0 amide bonds. The lowest BCUT2D eigenvalue weighted by Gasteiger charge is -2.14. The molecule has 1 saturated heterocycles. The third kappa shape index (κ3) is 1.72. The molecule has 2 aromatic rings. The maximum atomic E-state index is 13.2. The molecule has 2 heterocycles. The summed E-state index contributed by atoms with van der Waals surface area (Å²) in [6.07, 6.45) is 2.00. The highest BCUT2D eigenvalue weighted by Crippen LogP contribution is 2.25. The number of rotatable bonds is 2. The normalized spacial score (nSPS) is 20.2. The summed E-state index contributed by atoms with van der Waals surface area (Å²) in [7, 11) is 0. The molecule has 1 aromatic carbocycles. The van der Waals surface area contributed by atoms with E-state index in [1.54, 1.807) is 0 Å². The number of aryl methyl sites for hydroxylation is 1. The van der Waals surface area contributed by atoms with Crippen molar-refractivity contribution in [3.63, 3.8) is 0 Å². The summed E-state index contributed by atoms with van der Waals surface area (Å²) >= 11 is 0. The minimum Gasteiger partial charge on any atom is -0.324 e. The maximum Gasteiger partial charge on any atom is 0.125 e. The lowest BCUT2D eigenvalue weighted by Crippen LogP contribution is -2.15. The number of nitrogens with zero attached hydrogens (tertiary/aromatic N) is 2. The summed E-state index contributed by atoms with van der Waals surface area (Å²) < 4.78 is 15.5. The first kappa shape index (κ1) is 10.7. The largest absolute Gasteiger partial charge is 0.324 e. The average Bonchev–Trinajstić information content (AvgIpc) is 2.93. The fourth-order valence-corrected chi connectivity index (χ4v) is 2.64. The van der Waals surface area contributed by atoms with E-state index in [-0.39, 0.29) is 5.82 Å². The first-order valence-electron chi connectivity index (χ1n) is 6.16. The predicted molar refractivity (Wildman–Crippen MR) is 65.6 cm³/mol. The fourth-order valence-electron chi connectivity index (χ4n) is 2.64. The number of benzene rings is 1. The Labute approximate surface area is 99.7 Å². The molecule has 90 valence electrons. The van der Waals surface area contributed by atoms with Crippen molar-refractivity contribution in [1.29, 1.82) is 0 Å². The van der Waals surface area contributed by atoms with Crippen LogP contribution in [-0.2, 0) is 6.42 Å². The van der Waals surface area contributed by atoms with Gasteiger partial charge in [-0.3, -0.25) is 0 Å². The van der Waals surface area contributed by atoms with Gasteiger partial charge in [0.05, 0.1) is 11.0 Å². The molecular formula is C13H16FN3. The first-order chi connectivity index (χ1) is 8.29. The van der Waals surface area contributed by atoms with Crippen molar-refractivity contribution in [1.82, 2.24) is 14.9 Å². The predicted octanol–water partition coefficient (Wildman–Crippen LogP) is 2.27. The molecule has 1 atom stereocenters. The molecule has 1 aliphatic heterocycles. The second-order valence-electron chi connectivity index (χ2n) is 4.53. The van der Waals surface area contributed by atoms with Crippen LogP contribution >= 0.6 is 0 Å². The number of halogens is 1. The number of hydrogen-bond donors (Lipinski definition) is 1. The fraction of sp³-hybridized carbons (Fsp3) is 0.462. The van der Waals surface area contributed by atoms with Crippen LogP contribution in [0.3, 0.4) is 0 Å². The standard InChI is InChI=1S/C13H16FN3/c1-2-13-16-11-7-9(14)3-4-12(11)17(13)10-5-6-15-8-10/h3-4,7,10,15H,2,5-6,8H2,1H3. The summed E-state index contributed by atoms with van der Waals surface area (Å²) in [5.74, 6) is 0.841. The Balaban J connectivity index is 2.19. The van der Waals surface area contributed by atoms with Gasteiger partial charge in [-0.15, -0.1) is 0 Å². The molecule has 3 rings (SSSR count). The van der Waals surface area contributed by atoms with Crippen LogP contribution in [0.4, 0.5) is 4.39 Å². The summed E-state index contributed by atoms with van der Waals surface area (Å²) in [6.45, 7) is 4.13. The van der Waals surface area contributed by atoms with Gasteiger partial charge in [-0.2, -0.15) is 0 Å². The SMILES string of the molecule is CCc1nc2cc(F)ccc2n1C1CCNC1. The highest BCUT2D eigenvalue weighted by Gasteiger charge is 2.21. The van der Waals surface area contributed by atoms with Gasteiger partial charge in [0.25, 0.3) is 0 Å². The Kier molecular flexibility index (Phi) is 2.59. The van der Waals surface area contributed by atoms with Crippen molar-refractivity contribution in [2.75, 3.05) is 13.1 Å². The van der Waals surface area contributed by atoms with Gasteiger partial charge in [0.2, 0.25) is 0 Å². The van der Waals surface area contributed by atoms with Crippen molar-refractivity contribution >= 4 is 11.0 Å². The molecule has 0 spiro atoms. The molecule has 1 aliphatic rings. The van der Waals surface area contributed by atoms with E-state index >= 15 is 0 Å². The molecule has 1 N–H and O–H groups in total. The van der Waals surface area contributed by atoms with E-state index in [0.717, 1.165) is 42.8 Å². The van der Waals surface area contributed by atoms with E-state index in [1.807, 2.05) is 6.07 Å². The van der Waals surface area contributed by atoms with Crippen LogP contribution in [-0.4, -0.2) is 22.6 Å². The Bertz CT molecular complexity index is 541. The average molecular weight is 233 g/mol. The van der Waals surface area contributed by atoms with E-state index < -0.39 is 0 Å². The van der Waals surface area contributed by atoms with E-state index in [0.29, 0.717) is 6.04 Å². The number of fused-ring (bicyclic) bond motifs is 1. The van der Waals surface area contributed by atoms with Gasteiger partial charge in [0, 0.05) is 25.1 Å². The Hall–Kier alpha value is -1.42. The van der Waals surface area contributed by atoms with E-state index in [2.05, 4.69) is 21.8 Å². The van der Waals surface area contributed by atoms with Crippen LogP contribution in [0.5, 0.6) is 0 Å². The summed E-state index contributed by atoms with van der Waals surface area (Å²) in [5, 5.41) is 3.37. The van der Waals surface area contributed by atoms with E-state index in [4.69, 9.17) is 0 Å². The van der Waals surface area contributed by atoms with Crippen LogP contribution in [0, 0.1) is 5.82 Å². The van der Waals surface area contributed by atoms with Crippen LogP contribution in [0.15, 0.2) is 18.2 Å². The minimum absolute atomic E-state index is 0.214. The van der Waals surface area contributed by atoms with Gasteiger partial charge in [0.15, 0.2) is 0 Å².